The number of methoxy groups -OCH3 is 1. The fourth-order valence-corrected chi connectivity index (χ4v) is 4.88. The highest BCUT2D eigenvalue weighted by atomic mass is 19.4. The van der Waals surface area contributed by atoms with Gasteiger partial charge in [-0.15, -0.1) is 0 Å². The SMILES string of the molecule is COC1(c2ccc(C(=O)N3CCC(c4ccc(C(F)(F)F)cn4)CC3)cc2)CCN(C)CC1. The summed E-state index contributed by atoms with van der Waals surface area (Å²) < 4.78 is 44.2. The lowest BCUT2D eigenvalue weighted by molar-refractivity contribution is -0.137. The monoisotopic (exact) mass is 461 g/mol. The molecule has 0 saturated carbocycles. The zero-order chi connectivity index (χ0) is 23.6. The van der Waals surface area contributed by atoms with Crippen LogP contribution >= 0.6 is 0 Å². The summed E-state index contributed by atoms with van der Waals surface area (Å²) in [6.07, 6.45) is -0.290. The second kappa shape index (κ2) is 9.43. The van der Waals surface area contributed by atoms with Crippen LogP contribution in [0.5, 0.6) is 0 Å². The number of alkyl halides is 3. The molecule has 0 aliphatic carbocycles. The van der Waals surface area contributed by atoms with Gasteiger partial charge in [0.15, 0.2) is 0 Å². The number of halogens is 3. The van der Waals surface area contributed by atoms with Gasteiger partial charge in [-0.05, 0) is 62.6 Å². The highest BCUT2D eigenvalue weighted by Crippen LogP contribution is 2.36. The third kappa shape index (κ3) is 5.06. The molecular weight excluding hydrogens is 431 g/mol. The quantitative estimate of drug-likeness (QED) is 0.663. The molecule has 1 amide bonds. The summed E-state index contributed by atoms with van der Waals surface area (Å²) in [6.45, 7) is 3.05. The van der Waals surface area contributed by atoms with Gasteiger partial charge in [0.05, 0.1) is 11.2 Å². The topological polar surface area (TPSA) is 45.7 Å². The van der Waals surface area contributed by atoms with Gasteiger partial charge in [0, 0.05) is 56.7 Å². The van der Waals surface area contributed by atoms with E-state index in [1.807, 2.05) is 29.2 Å². The molecule has 178 valence electrons. The van der Waals surface area contributed by atoms with Crippen LogP contribution in [-0.4, -0.2) is 61.0 Å². The number of nitrogens with zero attached hydrogens (tertiary/aromatic N) is 3. The molecule has 1 aromatic heterocycles. The van der Waals surface area contributed by atoms with Crippen LogP contribution in [0.2, 0.25) is 0 Å². The molecule has 4 rings (SSSR count). The van der Waals surface area contributed by atoms with Crippen molar-refractivity contribution in [3.8, 4) is 0 Å². The Morgan fingerprint density at radius 2 is 1.67 bits per heavy atom. The Kier molecular flexibility index (Phi) is 6.77. The maximum Gasteiger partial charge on any atom is 0.417 e. The number of carbonyl (C=O) groups excluding carboxylic acids is 1. The van der Waals surface area contributed by atoms with E-state index in [2.05, 4.69) is 16.9 Å². The van der Waals surface area contributed by atoms with Crippen LogP contribution in [0.3, 0.4) is 0 Å². The zero-order valence-corrected chi connectivity index (χ0v) is 19.1. The normalized spacial score (nSPS) is 20.1. The van der Waals surface area contributed by atoms with Gasteiger partial charge in [0.2, 0.25) is 0 Å². The Balaban J connectivity index is 1.37. The third-order valence-electron chi connectivity index (χ3n) is 7.16. The summed E-state index contributed by atoms with van der Waals surface area (Å²) in [6, 6.07) is 10.3. The van der Waals surface area contributed by atoms with Crippen molar-refractivity contribution in [2.75, 3.05) is 40.3 Å². The lowest BCUT2D eigenvalue weighted by atomic mass is 9.84. The second-order valence-corrected chi connectivity index (χ2v) is 9.12. The number of rotatable bonds is 4. The summed E-state index contributed by atoms with van der Waals surface area (Å²) >= 11 is 0. The van der Waals surface area contributed by atoms with E-state index in [4.69, 9.17) is 4.74 Å². The molecular formula is C25H30F3N3O2. The van der Waals surface area contributed by atoms with E-state index in [0.717, 1.165) is 43.8 Å². The molecule has 0 N–H and O–H groups in total. The van der Waals surface area contributed by atoms with Crippen LogP contribution in [0.4, 0.5) is 13.2 Å². The number of benzene rings is 1. The van der Waals surface area contributed by atoms with Crippen molar-refractivity contribution in [1.29, 1.82) is 0 Å². The molecule has 33 heavy (non-hydrogen) atoms. The van der Waals surface area contributed by atoms with E-state index in [9.17, 15) is 18.0 Å². The number of carbonyl (C=O) groups is 1. The largest absolute Gasteiger partial charge is 0.417 e. The Morgan fingerprint density at radius 1 is 1.03 bits per heavy atom. The average molecular weight is 462 g/mol. The molecule has 2 aromatic rings. The molecule has 0 spiro atoms. The molecule has 0 radical (unpaired) electrons. The maximum atomic E-state index is 13.0. The van der Waals surface area contributed by atoms with E-state index in [-0.39, 0.29) is 17.4 Å². The first-order valence-electron chi connectivity index (χ1n) is 11.4. The van der Waals surface area contributed by atoms with Gasteiger partial charge >= 0.3 is 6.18 Å². The summed E-state index contributed by atoms with van der Waals surface area (Å²) in [5, 5.41) is 0. The minimum Gasteiger partial charge on any atom is -0.373 e. The predicted octanol–water partition coefficient (Wildman–Crippen LogP) is 4.69. The van der Waals surface area contributed by atoms with E-state index in [1.165, 1.54) is 6.07 Å². The van der Waals surface area contributed by atoms with E-state index in [0.29, 0.717) is 37.2 Å². The Hall–Kier alpha value is -2.45. The van der Waals surface area contributed by atoms with Crippen LogP contribution in [0.25, 0.3) is 0 Å². The first kappa shape index (κ1) is 23.7. The van der Waals surface area contributed by atoms with Crippen molar-refractivity contribution in [1.82, 2.24) is 14.8 Å². The number of pyridine rings is 1. The van der Waals surface area contributed by atoms with E-state index < -0.39 is 11.7 Å². The number of amides is 1. The third-order valence-corrected chi connectivity index (χ3v) is 7.16. The van der Waals surface area contributed by atoms with Crippen molar-refractivity contribution in [3.05, 3.63) is 65.0 Å². The van der Waals surface area contributed by atoms with Crippen molar-refractivity contribution in [2.45, 2.75) is 43.4 Å². The van der Waals surface area contributed by atoms with Gasteiger partial charge in [-0.3, -0.25) is 9.78 Å². The Labute approximate surface area is 192 Å². The summed E-state index contributed by atoms with van der Waals surface area (Å²) in [7, 11) is 3.86. The second-order valence-electron chi connectivity index (χ2n) is 9.12. The van der Waals surface area contributed by atoms with Crippen LogP contribution in [-0.2, 0) is 16.5 Å². The van der Waals surface area contributed by atoms with E-state index >= 15 is 0 Å². The minimum absolute atomic E-state index is 0.0183. The zero-order valence-electron chi connectivity index (χ0n) is 19.1. The molecule has 8 heteroatoms. The number of likely N-dealkylation sites (tertiary alicyclic amines) is 2. The average Bonchev–Trinajstić information content (AvgIpc) is 2.84. The highest BCUT2D eigenvalue weighted by Gasteiger charge is 2.36. The van der Waals surface area contributed by atoms with Crippen LogP contribution < -0.4 is 0 Å². The number of piperidine rings is 2. The van der Waals surface area contributed by atoms with Crippen molar-refractivity contribution in [3.63, 3.8) is 0 Å². The van der Waals surface area contributed by atoms with Crippen LogP contribution in [0.15, 0.2) is 42.6 Å². The van der Waals surface area contributed by atoms with Crippen LogP contribution in [0, 0.1) is 0 Å². The predicted molar refractivity (Wildman–Crippen MR) is 119 cm³/mol. The Morgan fingerprint density at radius 3 is 2.18 bits per heavy atom. The van der Waals surface area contributed by atoms with Crippen molar-refractivity contribution in [2.24, 2.45) is 0 Å². The van der Waals surface area contributed by atoms with Gasteiger partial charge in [-0.1, -0.05) is 12.1 Å². The van der Waals surface area contributed by atoms with Gasteiger partial charge in [0.1, 0.15) is 0 Å². The fraction of sp³-hybridized carbons (Fsp3) is 0.520. The Bertz CT molecular complexity index is 944. The maximum absolute atomic E-state index is 13.0. The number of aromatic nitrogens is 1. The number of ether oxygens (including phenoxy) is 1. The smallest absolute Gasteiger partial charge is 0.373 e. The van der Waals surface area contributed by atoms with Gasteiger partial charge in [-0.2, -0.15) is 13.2 Å². The standard InChI is InChI=1S/C25H30F3N3O2/c1-30-15-11-24(33-2,12-16-30)20-5-3-19(4-6-20)23(32)31-13-9-18(10-14-31)22-8-7-21(17-29-22)25(26,27)28/h3-8,17-18H,9-16H2,1-2H3. The van der Waals surface area contributed by atoms with E-state index in [1.54, 1.807) is 7.11 Å². The van der Waals surface area contributed by atoms with Crippen LogP contribution in [0.1, 0.15) is 58.8 Å². The lowest BCUT2D eigenvalue weighted by Crippen LogP contribution is -2.42. The van der Waals surface area contributed by atoms with Crippen molar-refractivity contribution < 1.29 is 22.7 Å². The van der Waals surface area contributed by atoms with Gasteiger partial charge in [0.25, 0.3) is 5.91 Å². The van der Waals surface area contributed by atoms with Crippen molar-refractivity contribution >= 4 is 5.91 Å². The molecule has 2 saturated heterocycles. The fourth-order valence-electron chi connectivity index (χ4n) is 4.88. The molecule has 0 bridgehead atoms. The molecule has 2 aliphatic heterocycles. The number of hydrogen-bond donors (Lipinski definition) is 0. The summed E-state index contributed by atoms with van der Waals surface area (Å²) in [5.41, 5.74) is 1.35. The molecule has 5 nitrogen and oxygen atoms in total. The summed E-state index contributed by atoms with van der Waals surface area (Å²) in [4.78, 5) is 21.2. The lowest BCUT2D eigenvalue weighted by Gasteiger charge is -2.40. The molecule has 2 fully saturated rings. The van der Waals surface area contributed by atoms with Gasteiger partial charge < -0.3 is 14.5 Å². The molecule has 0 atom stereocenters. The molecule has 2 aliphatic rings. The molecule has 1 aromatic carbocycles. The first-order valence-corrected chi connectivity index (χ1v) is 11.4. The summed E-state index contributed by atoms with van der Waals surface area (Å²) in [5.74, 6) is 0.0416. The number of hydrogen-bond acceptors (Lipinski definition) is 4. The minimum atomic E-state index is -4.38. The van der Waals surface area contributed by atoms with Gasteiger partial charge in [-0.25, -0.2) is 0 Å². The molecule has 0 unspecified atom stereocenters. The highest BCUT2D eigenvalue weighted by molar-refractivity contribution is 5.94. The molecule has 3 heterocycles. The first-order chi connectivity index (χ1) is 15.7.